The number of thiophene rings is 1. The number of rotatable bonds is 4. The van der Waals surface area contributed by atoms with Crippen molar-refractivity contribution in [2.24, 2.45) is 4.99 Å². The molecule has 0 fully saturated rings. The van der Waals surface area contributed by atoms with Crippen molar-refractivity contribution >= 4 is 34.7 Å². The predicted molar refractivity (Wildman–Crippen MR) is 109 cm³/mol. The first-order chi connectivity index (χ1) is 13.6. The molecule has 0 amide bonds. The molecule has 142 valence electrons. The predicted octanol–water partition coefficient (Wildman–Crippen LogP) is 2.25. The molecule has 28 heavy (non-hydrogen) atoms. The number of hydrogen-bond donors (Lipinski definition) is 0. The molecule has 4 rings (SSSR count). The van der Waals surface area contributed by atoms with E-state index in [1.807, 2.05) is 29.6 Å². The summed E-state index contributed by atoms with van der Waals surface area (Å²) in [6.45, 7) is 3.81. The average molecular weight is 412 g/mol. The van der Waals surface area contributed by atoms with Crippen LogP contribution in [0.25, 0.3) is 6.08 Å². The quantitative estimate of drug-likeness (QED) is 0.618. The fraction of sp³-hybridized carbons (Fsp3) is 0.200. The van der Waals surface area contributed by atoms with Gasteiger partial charge in [0.15, 0.2) is 4.80 Å². The second-order valence-electron chi connectivity index (χ2n) is 6.10. The second-order valence-corrected chi connectivity index (χ2v) is 8.09. The smallest absolute Gasteiger partial charge is 0.338 e. The Balaban J connectivity index is 1.95. The van der Waals surface area contributed by atoms with Gasteiger partial charge >= 0.3 is 5.97 Å². The fourth-order valence-corrected chi connectivity index (χ4v) is 4.99. The van der Waals surface area contributed by atoms with Crippen molar-refractivity contribution in [2.75, 3.05) is 6.61 Å². The number of fused-ring (bicyclic) bond motifs is 1. The third kappa shape index (κ3) is 3.25. The maximum Gasteiger partial charge on any atom is 0.338 e. The zero-order valence-electron chi connectivity index (χ0n) is 15.3. The number of esters is 1. The lowest BCUT2D eigenvalue weighted by atomic mass is 10.0. The summed E-state index contributed by atoms with van der Waals surface area (Å²) in [5, 5.41) is 1.93. The second kappa shape index (κ2) is 7.65. The van der Waals surface area contributed by atoms with Gasteiger partial charge in [-0.05, 0) is 43.0 Å². The minimum Gasteiger partial charge on any atom is -0.463 e. The molecule has 1 atom stereocenters. The fourth-order valence-electron chi connectivity index (χ4n) is 3.12. The Bertz CT molecular complexity index is 1220. The molecule has 3 aromatic heterocycles. The van der Waals surface area contributed by atoms with E-state index in [4.69, 9.17) is 4.74 Å². The molecular weight excluding hydrogens is 394 g/mol. The van der Waals surface area contributed by atoms with Crippen LogP contribution in [0.5, 0.6) is 0 Å². The van der Waals surface area contributed by atoms with E-state index in [1.165, 1.54) is 22.7 Å². The van der Waals surface area contributed by atoms with Crippen molar-refractivity contribution < 1.29 is 9.53 Å². The minimum atomic E-state index is -0.536. The maximum atomic E-state index is 13.2. The minimum absolute atomic E-state index is 0.180. The Kier molecular flexibility index (Phi) is 5.06. The Morgan fingerprint density at radius 3 is 2.89 bits per heavy atom. The summed E-state index contributed by atoms with van der Waals surface area (Å²) in [7, 11) is 0. The zero-order chi connectivity index (χ0) is 19.7. The number of carbonyl (C=O) groups excluding carboxylic acids is 1. The normalized spacial score (nSPS) is 16.6. The molecule has 0 radical (unpaired) electrons. The number of thiazole rings is 1. The van der Waals surface area contributed by atoms with Crippen LogP contribution in [-0.2, 0) is 9.53 Å². The first-order valence-corrected chi connectivity index (χ1v) is 10.4. The van der Waals surface area contributed by atoms with E-state index in [0.717, 1.165) is 10.4 Å². The number of aromatic nitrogens is 2. The Morgan fingerprint density at radius 2 is 2.21 bits per heavy atom. The third-order valence-corrected chi connectivity index (χ3v) is 6.22. The highest BCUT2D eigenvalue weighted by Crippen LogP contribution is 2.33. The van der Waals surface area contributed by atoms with Crippen LogP contribution in [0.15, 0.2) is 63.1 Å². The van der Waals surface area contributed by atoms with Crippen molar-refractivity contribution in [3.63, 3.8) is 0 Å². The van der Waals surface area contributed by atoms with Crippen LogP contribution in [0.4, 0.5) is 0 Å². The van der Waals surface area contributed by atoms with Gasteiger partial charge in [-0.1, -0.05) is 23.5 Å². The van der Waals surface area contributed by atoms with Gasteiger partial charge in [0.25, 0.3) is 5.56 Å². The highest BCUT2D eigenvalue weighted by molar-refractivity contribution is 7.10. The standard InChI is InChI=1S/C20H17N3O3S2/c1-3-26-19(25)16-12(2)22-20-23(17(16)14-7-5-9-27-14)18(24)15(28-20)10-13-6-4-8-21-11-13/h4-11,17H,3H2,1-2H3/b15-10-/t17-/m1/s1. The van der Waals surface area contributed by atoms with Crippen molar-refractivity contribution in [1.82, 2.24) is 9.55 Å². The van der Waals surface area contributed by atoms with Crippen LogP contribution in [-0.4, -0.2) is 22.1 Å². The van der Waals surface area contributed by atoms with Gasteiger partial charge in [0.05, 0.1) is 22.4 Å². The van der Waals surface area contributed by atoms with E-state index in [1.54, 1.807) is 36.9 Å². The highest BCUT2D eigenvalue weighted by atomic mass is 32.1. The Labute approximate surface area is 168 Å². The van der Waals surface area contributed by atoms with E-state index in [9.17, 15) is 9.59 Å². The lowest BCUT2D eigenvalue weighted by molar-refractivity contribution is -0.139. The molecule has 0 saturated carbocycles. The first kappa shape index (κ1) is 18.5. The Hall–Kier alpha value is -2.84. The molecule has 0 N–H and O–H groups in total. The number of allylic oxidation sites excluding steroid dienone is 1. The number of ether oxygens (including phenoxy) is 1. The maximum absolute atomic E-state index is 13.2. The molecule has 0 aliphatic carbocycles. The number of hydrogen-bond acceptors (Lipinski definition) is 7. The molecule has 8 heteroatoms. The van der Waals surface area contributed by atoms with Crippen molar-refractivity contribution in [1.29, 1.82) is 0 Å². The van der Waals surface area contributed by atoms with E-state index < -0.39 is 12.0 Å². The molecule has 1 aliphatic rings. The van der Waals surface area contributed by atoms with Crippen LogP contribution in [0.1, 0.15) is 30.3 Å². The van der Waals surface area contributed by atoms with E-state index >= 15 is 0 Å². The molecule has 3 aromatic rings. The number of nitrogens with zero attached hydrogens (tertiary/aromatic N) is 3. The van der Waals surface area contributed by atoms with Gasteiger partial charge in [-0.2, -0.15) is 0 Å². The first-order valence-electron chi connectivity index (χ1n) is 8.73. The summed E-state index contributed by atoms with van der Waals surface area (Å²) >= 11 is 2.80. The summed E-state index contributed by atoms with van der Waals surface area (Å²) < 4.78 is 7.40. The van der Waals surface area contributed by atoms with Gasteiger partial charge < -0.3 is 4.74 Å². The zero-order valence-corrected chi connectivity index (χ0v) is 16.9. The lowest BCUT2D eigenvalue weighted by Gasteiger charge is -2.23. The molecule has 0 unspecified atom stereocenters. The molecular formula is C20H17N3O3S2. The Morgan fingerprint density at radius 1 is 1.36 bits per heavy atom. The van der Waals surface area contributed by atoms with Crippen LogP contribution in [0.2, 0.25) is 0 Å². The topological polar surface area (TPSA) is 73.6 Å². The van der Waals surface area contributed by atoms with Gasteiger partial charge in [0.2, 0.25) is 0 Å². The van der Waals surface area contributed by atoms with Gasteiger partial charge in [0, 0.05) is 17.3 Å². The van der Waals surface area contributed by atoms with Crippen LogP contribution < -0.4 is 14.9 Å². The molecule has 1 aliphatic heterocycles. The summed E-state index contributed by atoms with van der Waals surface area (Å²) in [5.41, 5.74) is 1.64. The third-order valence-electron chi connectivity index (χ3n) is 4.31. The van der Waals surface area contributed by atoms with Crippen LogP contribution >= 0.6 is 22.7 Å². The van der Waals surface area contributed by atoms with Gasteiger partial charge in [0.1, 0.15) is 6.04 Å². The largest absolute Gasteiger partial charge is 0.463 e. The molecule has 0 aromatic carbocycles. The van der Waals surface area contributed by atoms with Gasteiger partial charge in [-0.15, -0.1) is 11.3 Å². The van der Waals surface area contributed by atoms with E-state index in [0.29, 0.717) is 20.6 Å². The van der Waals surface area contributed by atoms with Crippen molar-refractivity contribution in [2.45, 2.75) is 19.9 Å². The van der Waals surface area contributed by atoms with Crippen molar-refractivity contribution in [3.05, 3.63) is 83.4 Å². The molecule has 0 bridgehead atoms. The van der Waals surface area contributed by atoms with Crippen LogP contribution in [0, 0.1) is 0 Å². The summed E-state index contributed by atoms with van der Waals surface area (Å²) in [4.78, 5) is 36.0. The summed E-state index contributed by atoms with van der Waals surface area (Å²) in [6, 6.07) is 7.00. The van der Waals surface area contributed by atoms with Crippen LogP contribution in [0.3, 0.4) is 0 Å². The summed E-state index contributed by atoms with van der Waals surface area (Å²) in [6.07, 6.45) is 5.18. The molecule has 0 saturated heterocycles. The average Bonchev–Trinajstić information content (AvgIpc) is 3.31. The van der Waals surface area contributed by atoms with Gasteiger partial charge in [-0.25, -0.2) is 9.79 Å². The van der Waals surface area contributed by atoms with Gasteiger partial charge in [-0.3, -0.25) is 14.3 Å². The highest BCUT2D eigenvalue weighted by Gasteiger charge is 2.33. The monoisotopic (exact) mass is 411 g/mol. The molecule has 4 heterocycles. The van der Waals surface area contributed by atoms with E-state index in [2.05, 4.69) is 9.98 Å². The molecule has 6 nitrogen and oxygen atoms in total. The SMILES string of the molecule is CCOC(=O)C1=C(C)N=c2s/c(=C\c3cccnc3)c(=O)n2[C@@H]1c1cccs1. The lowest BCUT2D eigenvalue weighted by Crippen LogP contribution is -2.39. The molecule has 0 spiro atoms. The number of pyridine rings is 1. The summed E-state index contributed by atoms with van der Waals surface area (Å²) in [5.74, 6) is -0.441. The van der Waals surface area contributed by atoms with Crippen molar-refractivity contribution in [3.8, 4) is 0 Å². The number of carbonyl (C=O) groups is 1. The van der Waals surface area contributed by atoms with E-state index in [-0.39, 0.29) is 12.2 Å².